The van der Waals surface area contributed by atoms with Gasteiger partial charge < -0.3 is 9.97 Å². The smallest absolute Gasteiger partial charge is 0.0774 e. The summed E-state index contributed by atoms with van der Waals surface area (Å²) in [4.78, 5) is 6.76. The van der Waals surface area contributed by atoms with Crippen molar-refractivity contribution in [3.63, 3.8) is 0 Å². The molecule has 4 aliphatic rings. The molecule has 4 bridgehead atoms. The first-order valence-corrected chi connectivity index (χ1v) is 24.3. The third-order valence-corrected chi connectivity index (χ3v) is 17.6. The van der Waals surface area contributed by atoms with Gasteiger partial charge in [-0.25, -0.2) is 0 Å². The summed E-state index contributed by atoms with van der Waals surface area (Å²) < 4.78 is 0. The lowest BCUT2D eigenvalue weighted by molar-refractivity contribution is -0.0520. The summed E-state index contributed by atoms with van der Waals surface area (Å²) in [5.74, 6) is 3.68. The molecule has 0 spiro atoms. The molecule has 38 heavy (non-hydrogen) atoms. The molecule has 0 aliphatic heterocycles. The van der Waals surface area contributed by atoms with Crippen LogP contribution in [0.4, 0.5) is 0 Å². The number of hydrogen-bond donors (Lipinski definition) is 2. The van der Waals surface area contributed by atoms with Gasteiger partial charge in [-0.15, -0.1) is 9.24 Å². The summed E-state index contributed by atoms with van der Waals surface area (Å²) in [7, 11) is -0.268. The van der Waals surface area contributed by atoms with Gasteiger partial charge in [-0.3, -0.25) is 0 Å². The number of aromatic amines is 2. The Balaban J connectivity index is 1.58. The number of aromatic nitrogens is 2. The Morgan fingerprint density at radius 2 is 1.39 bits per heavy atom. The highest BCUT2D eigenvalue weighted by Gasteiger charge is 2.57. The molecule has 1 aromatic carbocycles. The van der Waals surface area contributed by atoms with Gasteiger partial charge in [0.05, 0.1) is 16.1 Å². The van der Waals surface area contributed by atoms with E-state index in [0.29, 0.717) is 5.41 Å². The number of H-pyrrole nitrogens is 2. The van der Waals surface area contributed by atoms with Crippen LogP contribution in [-0.2, 0) is 11.6 Å². The highest BCUT2D eigenvalue weighted by Crippen LogP contribution is 2.64. The topological polar surface area (TPSA) is 31.6 Å². The van der Waals surface area contributed by atoms with Gasteiger partial charge in [0.2, 0.25) is 0 Å². The van der Waals surface area contributed by atoms with Gasteiger partial charge in [0.25, 0.3) is 0 Å². The van der Waals surface area contributed by atoms with Crippen LogP contribution >= 0.6 is 17.2 Å². The molecule has 204 valence electrons. The maximum atomic E-state index is 3.38. The molecule has 0 amide bonds. The Kier molecular flexibility index (Phi) is 7.07. The van der Waals surface area contributed by atoms with Crippen LogP contribution in [0.1, 0.15) is 43.2 Å². The maximum absolute atomic E-state index is 3.38. The lowest BCUT2D eigenvalue weighted by Crippen LogP contribution is -2.59. The van der Waals surface area contributed by atoms with E-state index in [-0.39, 0.29) is 0 Å². The van der Waals surface area contributed by atoms with Gasteiger partial charge in [0.15, 0.2) is 0 Å². The molecule has 4 fully saturated rings. The quantitative estimate of drug-likeness (QED) is 0.222. The molecule has 4 unspecified atom stereocenters. The average molecular weight is 579 g/mol. The second-order valence-corrected chi connectivity index (χ2v) is 27.6. The average Bonchev–Trinajstić information content (AvgIpc) is 3.55. The molecule has 4 aliphatic carbocycles. The van der Waals surface area contributed by atoms with Gasteiger partial charge in [0.1, 0.15) is 0 Å². The zero-order chi connectivity index (χ0) is 26.9. The first kappa shape index (κ1) is 27.3. The van der Waals surface area contributed by atoms with Crippen LogP contribution in [-0.4, -0.2) is 32.3 Å². The molecule has 2 nitrogen and oxygen atoms in total. The van der Waals surface area contributed by atoms with Crippen molar-refractivity contribution < 1.29 is 0 Å². The molecule has 0 saturated heterocycles. The first-order valence-electron chi connectivity index (χ1n) is 14.9. The monoisotopic (exact) mass is 578 g/mol. The van der Waals surface area contributed by atoms with Crippen LogP contribution < -0.4 is 21.0 Å². The predicted molar refractivity (Wildman–Crippen MR) is 177 cm³/mol. The normalized spacial score (nSPS) is 28.9. The van der Waals surface area contributed by atoms with Crippen molar-refractivity contribution in [3.8, 4) is 0 Å². The third kappa shape index (κ3) is 4.70. The molecule has 3 aromatic rings. The Labute approximate surface area is 236 Å². The second-order valence-electron chi connectivity index (χ2n) is 14.9. The van der Waals surface area contributed by atoms with E-state index in [2.05, 4.69) is 108 Å². The van der Waals surface area contributed by atoms with Crippen molar-refractivity contribution in [2.75, 3.05) is 6.16 Å². The van der Waals surface area contributed by atoms with Gasteiger partial charge in [-0.05, 0) is 109 Å². The zero-order valence-corrected chi connectivity index (χ0v) is 28.5. The van der Waals surface area contributed by atoms with E-state index < -0.39 is 24.1 Å². The van der Waals surface area contributed by atoms with E-state index in [1.54, 1.807) is 21.5 Å². The molecule has 2 heterocycles. The molecule has 4 saturated carbocycles. The van der Waals surface area contributed by atoms with E-state index >= 15 is 0 Å². The van der Waals surface area contributed by atoms with E-state index in [9.17, 15) is 0 Å². The summed E-state index contributed by atoms with van der Waals surface area (Å²) in [5, 5.41) is 6.48. The van der Waals surface area contributed by atoms with Gasteiger partial charge in [0, 0.05) is 30.9 Å². The van der Waals surface area contributed by atoms with Gasteiger partial charge >= 0.3 is 0 Å². The van der Waals surface area contributed by atoms with Crippen LogP contribution in [0.25, 0.3) is 0 Å². The highest BCUT2D eigenvalue weighted by atomic mass is 31.1. The molecule has 7 rings (SSSR count). The molecule has 6 heteroatoms. The van der Waals surface area contributed by atoms with Crippen LogP contribution in [0, 0.1) is 23.7 Å². The van der Waals surface area contributed by atoms with E-state index in [0.717, 1.165) is 29.8 Å². The van der Waals surface area contributed by atoms with Crippen molar-refractivity contribution in [1.29, 1.82) is 0 Å². The summed E-state index contributed by atoms with van der Waals surface area (Å²) in [6, 6.07) is 10.3. The molecule has 2 aromatic heterocycles. The number of benzene rings is 1. The van der Waals surface area contributed by atoms with Gasteiger partial charge in [-0.2, -0.15) is 0 Å². The SMILES string of the molecule is C[Si](C)(C)c1cc(CP(c2cc[nH]c2)c2cc[nH]c2)c(C23CC4CC(CC(C4)C2CP)C3)cc1[Si](C)(C)C. The summed E-state index contributed by atoms with van der Waals surface area (Å²) in [6.45, 7) is 15.5. The molecule has 2 N–H and O–H groups in total. The highest BCUT2D eigenvalue weighted by molar-refractivity contribution is 7.72. The molecular formula is C32H48N2P2Si2. The van der Waals surface area contributed by atoms with Crippen molar-refractivity contribution in [3.05, 3.63) is 60.2 Å². The fraction of sp³-hybridized carbons (Fsp3) is 0.562. The Morgan fingerprint density at radius 3 is 1.87 bits per heavy atom. The van der Waals surface area contributed by atoms with E-state index in [1.807, 2.05) is 0 Å². The zero-order valence-electron chi connectivity index (χ0n) is 24.4. The lowest BCUT2D eigenvalue weighted by Gasteiger charge is -2.62. The molecule has 0 radical (unpaired) electrons. The van der Waals surface area contributed by atoms with Crippen molar-refractivity contribution in [2.24, 2.45) is 23.7 Å². The van der Waals surface area contributed by atoms with Crippen LogP contribution in [0.15, 0.2) is 49.1 Å². The standard InChI is InChI=1S/C32H48N2P2Si2/c1-37(2,3)30-14-25(21-36(26-7-9-33-18-26)27-8-10-34-19-27)28(15-31(30)38(4,5)6)32-16-22-11-23(17-32)13-24(12-22)29(32)20-35/h7-10,14-15,18-19,22-24,29,33-34H,11-13,16-17,20-21,35H2,1-6H3. The summed E-state index contributed by atoms with van der Waals surface area (Å²) >= 11 is 0. The van der Waals surface area contributed by atoms with Crippen LogP contribution in [0.3, 0.4) is 0 Å². The van der Waals surface area contributed by atoms with Gasteiger partial charge in [-0.1, -0.05) is 61.8 Å². The van der Waals surface area contributed by atoms with Crippen molar-refractivity contribution >= 4 is 54.3 Å². The first-order chi connectivity index (χ1) is 18.0. The van der Waals surface area contributed by atoms with E-state index in [1.165, 1.54) is 48.9 Å². The molecular weight excluding hydrogens is 530 g/mol. The minimum absolute atomic E-state index is 0.384. The maximum Gasteiger partial charge on any atom is 0.0774 e. The fourth-order valence-corrected chi connectivity index (χ4v) is 17.2. The minimum atomic E-state index is -1.51. The summed E-state index contributed by atoms with van der Waals surface area (Å²) in [5.41, 5.74) is 3.88. The predicted octanol–water partition coefficient (Wildman–Crippen LogP) is 6.64. The third-order valence-electron chi connectivity index (χ3n) is 10.3. The van der Waals surface area contributed by atoms with Crippen molar-refractivity contribution in [2.45, 2.75) is 83.0 Å². The van der Waals surface area contributed by atoms with Crippen LogP contribution in [0.5, 0.6) is 0 Å². The molecule has 4 atom stereocenters. The van der Waals surface area contributed by atoms with E-state index in [4.69, 9.17) is 0 Å². The summed E-state index contributed by atoms with van der Waals surface area (Å²) in [6.07, 6.45) is 18.6. The Hall–Kier alpha value is -0.926. The van der Waals surface area contributed by atoms with Crippen LogP contribution in [0.2, 0.25) is 39.3 Å². The minimum Gasteiger partial charge on any atom is -0.367 e. The largest absolute Gasteiger partial charge is 0.367 e. The Morgan fingerprint density at radius 1 is 0.842 bits per heavy atom. The second kappa shape index (κ2) is 9.86. The fourth-order valence-electron chi connectivity index (χ4n) is 8.93. The Bertz CT molecular complexity index is 1220. The number of rotatable bonds is 8. The number of hydrogen-bond acceptors (Lipinski definition) is 0. The van der Waals surface area contributed by atoms with Crippen molar-refractivity contribution in [1.82, 2.24) is 9.97 Å². The number of nitrogens with one attached hydrogen (secondary N) is 2. The lowest BCUT2D eigenvalue weighted by atomic mass is 9.43.